The fraction of sp³-hybridized carbons (Fsp3) is 0.462. The normalized spacial score (nSPS) is 10.3. The van der Waals surface area contributed by atoms with Crippen LogP contribution in [0.2, 0.25) is 0 Å². The number of amides is 1. The van der Waals surface area contributed by atoms with E-state index < -0.39 is 0 Å². The lowest BCUT2D eigenvalue weighted by Crippen LogP contribution is -2.09. The molecule has 0 saturated carbocycles. The summed E-state index contributed by atoms with van der Waals surface area (Å²) >= 11 is 0. The predicted molar refractivity (Wildman–Crippen MR) is 65.9 cm³/mol. The van der Waals surface area contributed by atoms with E-state index in [0.717, 1.165) is 23.4 Å². The number of nitrogens with one attached hydrogen (secondary N) is 1. The molecule has 0 heterocycles. The number of carbonyl (C=O) groups excluding carboxylic acids is 1. The van der Waals surface area contributed by atoms with Crippen molar-refractivity contribution in [1.29, 1.82) is 0 Å². The zero-order chi connectivity index (χ0) is 12.1. The van der Waals surface area contributed by atoms with Gasteiger partial charge in [-0.2, -0.15) is 0 Å². The van der Waals surface area contributed by atoms with Crippen LogP contribution < -0.4 is 10.1 Å². The van der Waals surface area contributed by atoms with Gasteiger partial charge in [0.1, 0.15) is 5.75 Å². The van der Waals surface area contributed by atoms with Crippen LogP contribution in [-0.4, -0.2) is 12.0 Å². The molecule has 1 aromatic carbocycles. The van der Waals surface area contributed by atoms with Crippen molar-refractivity contribution in [2.75, 3.05) is 5.32 Å². The monoisotopic (exact) mass is 221 g/mol. The van der Waals surface area contributed by atoms with Gasteiger partial charge in [-0.05, 0) is 44.0 Å². The molecular formula is C13H19NO2. The first-order valence-corrected chi connectivity index (χ1v) is 5.60. The third-order valence-corrected chi connectivity index (χ3v) is 2.12. The minimum Gasteiger partial charge on any atom is -0.491 e. The van der Waals surface area contributed by atoms with E-state index in [1.807, 2.05) is 32.0 Å². The van der Waals surface area contributed by atoms with Gasteiger partial charge in [0.15, 0.2) is 0 Å². The van der Waals surface area contributed by atoms with E-state index in [2.05, 4.69) is 12.2 Å². The number of hydrogen-bond donors (Lipinski definition) is 1. The van der Waals surface area contributed by atoms with Crippen LogP contribution in [0.25, 0.3) is 0 Å². The number of benzene rings is 1. The molecule has 88 valence electrons. The van der Waals surface area contributed by atoms with E-state index in [1.165, 1.54) is 6.92 Å². The van der Waals surface area contributed by atoms with Gasteiger partial charge in [0.05, 0.1) is 6.10 Å². The highest BCUT2D eigenvalue weighted by atomic mass is 16.5. The molecule has 0 aromatic heterocycles. The zero-order valence-corrected chi connectivity index (χ0v) is 10.3. The van der Waals surface area contributed by atoms with Gasteiger partial charge in [0, 0.05) is 12.6 Å². The Bertz CT molecular complexity index is 372. The quantitative estimate of drug-likeness (QED) is 0.848. The molecule has 0 aliphatic heterocycles. The lowest BCUT2D eigenvalue weighted by Gasteiger charge is -2.14. The molecule has 0 unspecified atom stereocenters. The molecule has 0 spiro atoms. The molecule has 0 atom stereocenters. The molecule has 0 radical (unpaired) electrons. The Morgan fingerprint density at radius 2 is 2.12 bits per heavy atom. The van der Waals surface area contributed by atoms with Crippen LogP contribution in [0.4, 0.5) is 5.69 Å². The first kappa shape index (κ1) is 12.6. The summed E-state index contributed by atoms with van der Waals surface area (Å²) in [7, 11) is 0. The highest BCUT2D eigenvalue weighted by Crippen LogP contribution is 2.24. The van der Waals surface area contributed by atoms with Gasteiger partial charge in [0.25, 0.3) is 0 Å². The van der Waals surface area contributed by atoms with Crippen LogP contribution in [0.1, 0.15) is 33.3 Å². The molecular weight excluding hydrogens is 202 g/mol. The van der Waals surface area contributed by atoms with Crippen LogP contribution in [0, 0.1) is 0 Å². The summed E-state index contributed by atoms with van der Waals surface area (Å²) in [5.74, 6) is 0.839. The first-order valence-electron chi connectivity index (χ1n) is 5.60. The summed E-state index contributed by atoms with van der Waals surface area (Å²) in [4.78, 5) is 10.9. The zero-order valence-electron chi connectivity index (χ0n) is 10.3. The molecule has 3 heteroatoms. The Morgan fingerprint density at radius 1 is 1.44 bits per heavy atom. The molecule has 0 aliphatic rings. The summed E-state index contributed by atoms with van der Waals surface area (Å²) in [6, 6.07) is 5.72. The van der Waals surface area contributed by atoms with Gasteiger partial charge < -0.3 is 10.1 Å². The Labute approximate surface area is 96.8 Å². The number of ether oxygens (including phenoxy) is 1. The molecule has 16 heavy (non-hydrogen) atoms. The number of aryl methyl sites for hydroxylation is 1. The van der Waals surface area contributed by atoms with Crippen molar-refractivity contribution < 1.29 is 9.53 Å². The minimum absolute atomic E-state index is 0.0559. The van der Waals surface area contributed by atoms with Crippen molar-refractivity contribution in [2.45, 2.75) is 40.2 Å². The van der Waals surface area contributed by atoms with Gasteiger partial charge >= 0.3 is 0 Å². The highest BCUT2D eigenvalue weighted by molar-refractivity contribution is 5.88. The number of carbonyl (C=O) groups is 1. The average Bonchev–Trinajstić information content (AvgIpc) is 2.18. The Balaban J connectivity index is 2.92. The third-order valence-electron chi connectivity index (χ3n) is 2.12. The lowest BCUT2D eigenvalue weighted by molar-refractivity contribution is -0.114. The van der Waals surface area contributed by atoms with Crippen molar-refractivity contribution >= 4 is 11.6 Å². The second-order valence-electron chi connectivity index (χ2n) is 4.02. The predicted octanol–water partition coefficient (Wildman–Crippen LogP) is 2.99. The molecule has 0 bridgehead atoms. The van der Waals surface area contributed by atoms with E-state index >= 15 is 0 Å². The lowest BCUT2D eigenvalue weighted by atomic mass is 10.1. The van der Waals surface area contributed by atoms with Crippen molar-refractivity contribution in [2.24, 2.45) is 0 Å². The highest BCUT2D eigenvalue weighted by Gasteiger charge is 2.06. The van der Waals surface area contributed by atoms with Gasteiger partial charge in [0.2, 0.25) is 5.91 Å². The molecule has 0 fully saturated rings. The van der Waals surface area contributed by atoms with Crippen LogP contribution in [-0.2, 0) is 11.2 Å². The topological polar surface area (TPSA) is 38.3 Å². The Hall–Kier alpha value is -1.51. The molecule has 1 aromatic rings. The molecule has 3 nitrogen and oxygen atoms in total. The summed E-state index contributed by atoms with van der Waals surface area (Å²) in [5.41, 5.74) is 1.93. The SMILES string of the molecule is CCc1cc(NC(C)=O)ccc1OC(C)C. The van der Waals surface area contributed by atoms with Crippen molar-refractivity contribution in [3.8, 4) is 5.75 Å². The smallest absolute Gasteiger partial charge is 0.221 e. The van der Waals surface area contributed by atoms with E-state index in [1.54, 1.807) is 0 Å². The van der Waals surface area contributed by atoms with Gasteiger partial charge in [-0.1, -0.05) is 6.92 Å². The van der Waals surface area contributed by atoms with E-state index in [0.29, 0.717) is 0 Å². The largest absolute Gasteiger partial charge is 0.491 e. The standard InChI is InChI=1S/C13H19NO2/c1-5-11-8-12(14-10(4)15)6-7-13(11)16-9(2)3/h6-9H,5H2,1-4H3,(H,14,15). The fourth-order valence-electron chi connectivity index (χ4n) is 1.51. The van der Waals surface area contributed by atoms with E-state index in [-0.39, 0.29) is 12.0 Å². The summed E-state index contributed by atoms with van der Waals surface area (Å²) in [6.45, 7) is 7.58. The van der Waals surface area contributed by atoms with Crippen molar-refractivity contribution in [3.05, 3.63) is 23.8 Å². The molecule has 0 aliphatic carbocycles. The minimum atomic E-state index is -0.0559. The van der Waals surface area contributed by atoms with E-state index in [4.69, 9.17) is 4.74 Å². The molecule has 1 N–H and O–H groups in total. The maximum absolute atomic E-state index is 10.9. The summed E-state index contributed by atoms with van der Waals surface area (Å²) in [5, 5.41) is 2.77. The van der Waals surface area contributed by atoms with E-state index in [9.17, 15) is 4.79 Å². The van der Waals surface area contributed by atoms with Crippen LogP contribution >= 0.6 is 0 Å². The van der Waals surface area contributed by atoms with Gasteiger partial charge in [-0.3, -0.25) is 4.79 Å². The van der Waals surface area contributed by atoms with Crippen molar-refractivity contribution in [1.82, 2.24) is 0 Å². The maximum Gasteiger partial charge on any atom is 0.221 e. The Morgan fingerprint density at radius 3 is 2.62 bits per heavy atom. The Kier molecular flexibility index (Phi) is 4.35. The average molecular weight is 221 g/mol. The maximum atomic E-state index is 10.9. The van der Waals surface area contributed by atoms with Gasteiger partial charge in [-0.25, -0.2) is 0 Å². The van der Waals surface area contributed by atoms with Crippen LogP contribution in [0.5, 0.6) is 5.75 Å². The third kappa shape index (κ3) is 3.57. The molecule has 1 rings (SSSR count). The van der Waals surface area contributed by atoms with Crippen LogP contribution in [0.15, 0.2) is 18.2 Å². The molecule has 0 saturated heterocycles. The fourth-order valence-corrected chi connectivity index (χ4v) is 1.51. The number of rotatable bonds is 4. The second kappa shape index (κ2) is 5.54. The summed E-state index contributed by atoms with van der Waals surface area (Å²) in [6.07, 6.45) is 1.05. The number of anilines is 1. The molecule has 1 amide bonds. The first-order chi connectivity index (χ1) is 7.52. The van der Waals surface area contributed by atoms with Crippen molar-refractivity contribution in [3.63, 3.8) is 0 Å². The number of hydrogen-bond acceptors (Lipinski definition) is 2. The van der Waals surface area contributed by atoms with Gasteiger partial charge in [-0.15, -0.1) is 0 Å². The van der Waals surface area contributed by atoms with Crippen LogP contribution in [0.3, 0.4) is 0 Å². The summed E-state index contributed by atoms with van der Waals surface area (Å²) < 4.78 is 5.68. The second-order valence-corrected chi connectivity index (χ2v) is 4.02.